The van der Waals surface area contributed by atoms with Gasteiger partial charge in [0.05, 0.1) is 23.5 Å². The predicted octanol–water partition coefficient (Wildman–Crippen LogP) is 2.71. The third-order valence-corrected chi connectivity index (χ3v) is 3.63. The molecule has 1 aliphatic heterocycles. The lowest BCUT2D eigenvalue weighted by molar-refractivity contribution is -0.114. The zero-order valence-corrected chi connectivity index (χ0v) is 11.7. The average molecular weight is 335 g/mol. The van der Waals surface area contributed by atoms with E-state index < -0.39 is 17.5 Å². The molecule has 100 valence electrons. The number of aromatic nitrogens is 1. The monoisotopic (exact) mass is 334 g/mol. The van der Waals surface area contributed by atoms with Gasteiger partial charge < -0.3 is 0 Å². The quantitative estimate of drug-likeness (QED) is 0.793. The van der Waals surface area contributed by atoms with Gasteiger partial charge in [0.1, 0.15) is 5.82 Å². The lowest BCUT2D eigenvalue weighted by Gasteiger charge is -2.17. The first-order chi connectivity index (χ1) is 9.58. The number of Topliss-reactive ketones (excluding diaryl/α,β-unsaturated/α-hetero) is 1. The summed E-state index contributed by atoms with van der Waals surface area (Å²) in [7, 11) is 0. The minimum absolute atomic E-state index is 0.0813. The highest BCUT2D eigenvalue weighted by atomic mass is 79.9. The highest BCUT2D eigenvalue weighted by molar-refractivity contribution is 9.10. The summed E-state index contributed by atoms with van der Waals surface area (Å²) in [6, 6.07) is 7.63. The molecule has 0 aliphatic carbocycles. The van der Waals surface area contributed by atoms with Gasteiger partial charge in [0.2, 0.25) is 0 Å². The molecule has 1 amide bonds. The van der Waals surface area contributed by atoms with Crippen LogP contribution in [0.4, 0.5) is 10.1 Å². The minimum atomic E-state index is -0.698. The van der Waals surface area contributed by atoms with Gasteiger partial charge in [-0.25, -0.2) is 4.39 Å². The second-order valence-electron chi connectivity index (χ2n) is 4.33. The SMILES string of the molecule is O=C1C(=O)N(Cc2ccccn2)c2c(Br)cc(F)cc21. The number of fused-ring (bicyclic) bond motifs is 1. The number of carbonyl (C=O) groups is 2. The number of amides is 1. The van der Waals surface area contributed by atoms with Crippen LogP contribution in [0.3, 0.4) is 0 Å². The number of hydrogen-bond donors (Lipinski definition) is 0. The molecule has 1 aromatic heterocycles. The summed E-state index contributed by atoms with van der Waals surface area (Å²) in [6.45, 7) is 0.169. The van der Waals surface area contributed by atoms with Gasteiger partial charge in [0, 0.05) is 10.7 Å². The van der Waals surface area contributed by atoms with Crippen molar-refractivity contribution in [2.45, 2.75) is 6.54 Å². The van der Waals surface area contributed by atoms with Crippen molar-refractivity contribution in [1.82, 2.24) is 4.98 Å². The first kappa shape index (κ1) is 12.9. The van der Waals surface area contributed by atoms with Gasteiger partial charge >= 0.3 is 0 Å². The summed E-state index contributed by atoms with van der Waals surface area (Å²) in [5.74, 6) is -1.93. The maximum Gasteiger partial charge on any atom is 0.299 e. The van der Waals surface area contributed by atoms with E-state index in [9.17, 15) is 14.0 Å². The largest absolute Gasteiger partial charge is 0.299 e. The van der Waals surface area contributed by atoms with Crippen molar-refractivity contribution in [2.75, 3.05) is 4.90 Å². The van der Waals surface area contributed by atoms with E-state index in [4.69, 9.17) is 0 Å². The van der Waals surface area contributed by atoms with Crippen LogP contribution in [0, 0.1) is 5.82 Å². The van der Waals surface area contributed by atoms with Crippen LogP contribution in [-0.4, -0.2) is 16.7 Å². The van der Waals surface area contributed by atoms with E-state index in [-0.39, 0.29) is 12.1 Å². The number of anilines is 1. The third kappa shape index (κ3) is 2.02. The van der Waals surface area contributed by atoms with Gasteiger partial charge in [-0.2, -0.15) is 0 Å². The van der Waals surface area contributed by atoms with Crippen molar-refractivity contribution in [3.05, 3.63) is 58.1 Å². The highest BCUT2D eigenvalue weighted by Gasteiger charge is 2.38. The molecule has 20 heavy (non-hydrogen) atoms. The summed E-state index contributed by atoms with van der Waals surface area (Å²) in [6.07, 6.45) is 1.61. The fourth-order valence-corrected chi connectivity index (χ4v) is 2.80. The van der Waals surface area contributed by atoms with Gasteiger partial charge in [-0.1, -0.05) is 6.07 Å². The van der Waals surface area contributed by atoms with E-state index in [0.717, 1.165) is 6.07 Å². The summed E-state index contributed by atoms with van der Waals surface area (Å²) >= 11 is 3.20. The molecule has 0 atom stereocenters. The predicted molar refractivity (Wildman–Crippen MR) is 73.9 cm³/mol. The molecule has 0 fully saturated rings. The lowest BCUT2D eigenvalue weighted by Crippen LogP contribution is -2.29. The standard InChI is InChI=1S/C14H8BrFN2O2/c15-11-6-8(16)5-10-12(11)18(14(20)13(10)19)7-9-3-1-2-4-17-9/h1-6H,7H2. The van der Waals surface area contributed by atoms with E-state index >= 15 is 0 Å². The van der Waals surface area contributed by atoms with Crippen LogP contribution < -0.4 is 4.90 Å². The zero-order chi connectivity index (χ0) is 14.3. The maximum atomic E-state index is 13.4. The Bertz CT molecular complexity index is 719. The number of pyridine rings is 1. The molecule has 0 N–H and O–H groups in total. The molecule has 0 radical (unpaired) electrons. The molecule has 0 saturated carbocycles. The number of rotatable bonds is 2. The van der Waals surface area contributed by atoms with Gasteiger partial charge in [-0.3, -0.25) is 19.5 Å². The molecule has 6 heteroatoms. The Labute approximate surface area is 122 Å². The molecule has 0 saturated heterocycles. The number of nitrogens with zero attached hydrogens (tertiary/aromatic N) is 2. The Balaban J connectivity index is 2.07. The second kappa shape index (κ2) is 4.79. The maximum absolute atomic E-state index is 13.4. The van der Waals surface area contributed by atoms with Crippen LogP contribution in [0.2, 0.25) is 0 Å². The number of halogens is 2. The van der Waals surface area contributed by atoms with Crippen molar-refractivity contribution in [1.29, 1.82) is 0 Å². The smallest absolute Gasteiger partial charge is 0.298 e. The fraction of sp³-hybridized carbons (Fsp3) is 0.0714. The zero-order valence-electron chi connectivity index (χ0n) is 10.1. The molecule has 0 unspecified atom stereocenters. The van der Waals surface area contributed by atoms with E-state index in [1.807, 2.05) is 0 Å². The first-order valence-corrected chi connectivity index (χ1v) is 6.62. The van der Waals surface area contributed by atoms with E-state index in [0.29, 0.717) is 15.9 Å². The molecule has 2 heterocycles. The van der Waals surface area contributed by atoms with Crippen molar-refractivity contribution in [3.8, 4) is 0 Å². The van der Waals surface area contributed by atoms with Gasteiger partial charge in [-0.15, -0.1) is 0 Å². The summed E-state index contributed by atoms with van der Waals surface area (Å²) in [5, 5.41) is 0. The Hall–Kier alpha value is -2.08. The van der Waals surface area contributed by atoms with Crippen molar-refractivity contribution >= 4 is 33.3 Å². The average Bonchev–Trinajstić information content (AvgIpc) is 2.65. The van der Waals surface area contributed by atoms with Crippen LogP contribution in [-0.2, 0) is 11.3 Å². The normalized spacial score (nSPS) is 13.8. The third-order valence-electron chi connectivity index (χ3n) is 3.03. The number of ketones is 1. The van der Waals surface area contributed by atoms with Gasteiger partial charge in [0.15, 0.2) is 0 Å². The molecule has 0 spiro atoms. The highest BCUT2D eigenvalue weighted by Crippen LogP contribution is 2.37. The molecule has 3 rings (SSSR count). The molecule has 2 aromatic rings. The molecule has 1 aliphatic rings. The molecule has 1 aromatic carbocycles. The summed E-state index contributed by atoms with van der Waals surface area (Å²) in [4.78, 5) is 29.4. The van der Waals surface area contributed by atoms with Crippen molar-refractivity contribution in [3.63, 3.8) is 0 Å². The van der Waals surface area contributed by atoms with Crippen molar-refractivity contribution in [2.24, 2.45) is 0 Å². The van der Waals surface area contributed by atoms with Gasteiger partial charge in [-0.05, 0) is 40.2 Å². The number of hydrogen-bond acceptors (Lipinski definition) is 3. The van der Waals surface area contributed by atoms with E-state index in [2.05, 4.69) is 20.9 Å². The van der Waals surface area contributed by atoms with Crippen LogP contribution in [0.5, 0.6) is 0 Å². The van der Waals surface area contributed by atoms with Crippen LogP contribution in [0.15, 0.2) is 41.0 Å². The van der Waals surface area contributed by atoms with Crippen LogP contribution >= 0.6 is 15.9 Å². The number of benzene rings is 1. The van der Waals surface area contributed by atoms with Crippen molar-refractivity contribution < 1.29 is 14.0 Å². The van der Waals surface area contributed by atoms with Crippen LogP contribution in [0.1, 0.15) is 16.1 Å². The Morgan fingerprint density at radius 2 is 2.05 bits per heavy atom. The van der Waals surface area contributed by atoms with E-state index in [1.54, 1.807) is 24.4 Å². The number of carbonyl (C=O) groups excluding carboxylic acids is 2. The topological polar surface area (TPSA) is 50.3 Å². The summed E-state index contributed by atoms with van der Waals surface area (Å²) < 4.78 is 13.7. The second-order valence-corrected chi connectivity index (χ2v) is 5.18. The molecule has 0 bridgehead atoms. The summed E-state index contributed by atoms with van der Waals surface area (Å²) in [5.41, 5.74) is 1.13. The van der Waals surface area contributed by atoms with Crippen LogP contribution in [0.25, 0.3) is 0 Å². The molecule has 4 nitrogen and oxygen atoms in total. The minimum Gasteiger partial charge on any atom is -0.298 e. The Morgan fingerprint density at radius 3 is 2.75 bits per heavy atom. The first-order valence-electron chi connectivity index (χ1n) is 5.83. The fourth-order valence-electron chi connectivity index (χ4n) is 2.16. The van der Waals surface area contributed by atoms with E-state index in [1.165, 1.54) is 11.0 Å². The van der Waals surface area contributed by atoms with Gasteiger partial charge in [0.25, 0.3) is 11.7 Å². The Kier molecular flexibility index (Phi) is 3.10. The lowest BCUT2D eigenvalue weighted by atomic mass is 10.1. The molecular formula is C14H8BrFN2O2. The Morgan fingerprint density at radius 1 is 1.25 bits per heavy atom. The molecular weight excluding hydrogens is 327 g/mol.